The van der Waals surface area contributed by atoms with E-state index in [2.05, 4.69) is 0 Å². The van der Waals surface area contributed by atoms with Gasteiger partial charge < -0.3 is 36.2 Å². The number of carbonyl (C=O) groups is 2. The molecular weight excluding hydrogens is 166 g/mol. The van der Waals surface area contributed by atoms with Gasteiger partial charge in [-0.05, 0) is 0 Å². The van der Waals surface area contributed by atoms with E-state index in [0.29, 0.717) is 0 Å². The zero-order valence-electron chi connectivity index (χ0n) is 6.20. The van der Waals surface area contributed by atoms with E-state index in [1.165, 1.54) is 0 Å². The average molecular weight is 175 g/mol. The van der Waals surface area contributed by atoms with E-state index in [9.17, 15) is 19.8 Å². The van der Waals surface area contributed by atoms with Gasteiger partial charge in [-0.25, -0.2) is 0 Å². The van der Waals surface area contributed by atoms with Crippen LogP contribution in [0.5, 0.6) is 0 Å². The molecule has 0 aromatic rings. The number of hydrogen-bond acceptors (Lipinski definition) is 5. The molecule has 0 rings (SSSR count). The molecule has 0 aromatic heterocycles. The molecule has 0 saturated carbocycles. The largest absolute Gasteiger partial charge is 0.530 e. The smallest absolute Gasteiger partial charge is 0.134 e. The van der Waals surface area contributed by atoms with E-state index in [1.54, 1.807) is 0 Å². The van der Waals surface area contributed by atoms with Crippen LogP contribution in [0.1, 0.15) is 0 Å². The SMILES string of the molecule is NC(CNC(=O)[O-])CNC(=O)[O-]. The van der Waals surface area contributed by atoms with Gasteiger partial charge in [0.2, 0.25) is 0 Å². The van der Waals surface area contributed by atoms with Crippen molar-refractivity contribution in [3.05, 3.63) is 0 Å². The Morgan fingerprint density at radius 2 is 1.50 bits per heavy atom. The number of nitrogens with two attached hydrogens (primary N) is 1. The number of rotatable bonds is 4. The third kappa shape index (κ3) is 6.62. The van der Waals surface area contributed by atoms with Crippen LogP contribution in [0.3, 0.4) is 0 Å². The van der Waals surface area contributed by atoms with E-state index < -0.39 is 18.2 Å². The highest BCUT2D eigenvalue weighted by Gasteiger charge is 1.99. The molecule has 7 heteroatoms. The first kappa shape index (κ1) is 10.5. The fourth-order valence-electron chi connectivity index (χ4n) is 0.501. The predicted octanol–water partition coefficient (Wildman–Crippen LogP) is -3.82. The van der Waals surface area contributed by atoms with Gasteiger partial charge in [-0.2, -0.15) is 0 Å². The molecule has 12 heavy (non-hydrogen) atoms. The fourth-order valence-corrected chi connectivity index (χ4v) is 0.501. The molecule has 0 aliphatic heterocycles. The van der Waals surface area contributed by atoms with Crippen molar-refractivity contribution in [2.45, 2.75) is 6.04 Å². The minimum absolute atomic E-state index is 0.0669. The van der Waals surface area contributed by atoms with Crippen molar-refractivity contribution in [1.29, 1.82) is 0 Å². The lowest BCUT2D eigenvalue weighted by Crippen LogP contribution is -2.49. The molecule has 0 fully saturated rings. The topological polar surface area (TPSA) is 130 Å². The van der Waals surface area contributed by atoms with Crippen molar-refractivity contribution in [1.82, 2.24) is 10.6 Å². The van der Waals surface area contributed by atoms with Crippen molar-refractivity contribution in [2.24, 2.45) is 5.73 Å². The first-order valence-electron chi connectivity index (χ1n) is 3.17. The number of carboxylic acid groups (broad SMARTS) is 2. The van der Waals surface area contributed by atoms with Crippen LogP contribution < -0.4 is 26.6 Å². The van der Waals surface area contributed by atoms with Crippen LogP contribution in [0.25, 0.3) is 0 Å². The first-order chi connectivity index (χ1) is 5.52. The normalized spacial score (nSPS) is 9.50. The second-order valence-electron chi connectivity index (χ2n) is 2.10. The Morgan fingerprint density at radius 1 is 1.17 bits per heavy atom. The summed E-state index contributed by atoms with van der Waals surface area (Å²) in [6, 6.07) is -0.624. The average Bonchev–Trinajstić information content (AvgIpc) is 1.96. The Bertz CT molecular complexity index is 154. The molecule has 0 spiro atoms. The molecule has 0 aliphatic rings. The molecular formula is C5H9N3O4-2. The summed E-state index contributed by atoms with van der Waals surface area (Å²) in [6.45, 7) is -0.134. The van der Waals surface area contributed by atoms with Gasteiger partial charge in [0.1, 0.15) is 12.2 Å². The molecule has 0 saturated heterocycles. The molecule has 0 aromatic carbocycles. The Labute approximate surface area is 68.6 Å². The van der Waals surface area contributed by atoms with E-state index in [0.717, 1.165) is 0 Å². The standard InChI is InChI=1S/C5H11N3O4/c6-3(1-7-4(9)10)2-8-5(11)12/h3,7-8H,1-2,6H2,(H,9,10)(H,11,12)/p-2. The van der Waals surface area contributed by atoms with E-state index in [1.807, 2.05) is 10.6 Å². The summed E-state index contributed by atoms with van der Waals surface area (Å²) < 4.78 is 0. The Morgan fingerprint density at radius 3 is 1.75 bits per heavy atom. The maximum atomic E-state index is 9.82. The van der Waals surface area contributed by atoms with Gasteiger partial charge in [0.15, 0.2) is 0 Å². The molecule has 7 nitrogen and oxygen atoms in total. The quantitative estimate of drug-likeness (QED) is 0.403. The third-order valence-electron chi connectivity index (χ3n) is 1.02. The number of hydrogen-bond donors (Lipinski definition) is 3. The van der Waals surface area contributed by atoms with Crippen LogP contribution in [0, 0.1) is 0 Å². The Balaban J connectivity index is 3.39. The lowest BCUT2D eigenvalue weighted by molar-refractivity contribution is -0.251. The molecule has 0 heterocycles. The molecule has 0 aliphatic carbocycles. The van der Waals surface area contributed by atoms with Crippen LogP contribution >= 0.6 is 0 Å². The fraction of sp³-hybridized carbons (Fsp3) is 0.600. The summed E-state index contributed by atoms with van der Waals surface area (Å²) in [4.78, 5) is 19.6. The number of carbonyl (C=O) groups excluding carboxylic acids is 2. The predicted molar refractivity (Wildman–Crippen MR) is 34.8 cm³/mol. The second-order valence-corrected chi connectivity index (χ2v) is 2.10. The van der Waals surface area contributed by atoms with E-state index in [4.69, 9.17) is 5.73 Å². The van der Waals surface area contributed by atoms with Crippen LogP contribution in [-0.4, -0.2) is 31.3 Å². The first-order valence-corrected chi connectivity index (χ1v) is 3.17. The van der Waals surface area contributed by atoms with Crippen molar-refractivity contribution in [3.8, 4) is 0 Å². The zero-order chi connectivity index (χ0) is 9.56. The van der Waals surface area contributed by atoms with Crippen LogP contribution in [-0.2, 0) is 0 Å². The van der Waals surface area contributed by atoms with Crippen molar-refractivity contribution >= 4 is 12.2 Å². The molecule has 0 radical (unpaired) electrons. The minimum atomic E-state index is -1.45. The van der Waals surface area contributed by atoms with Gasteiger partial charge in [-0.15, -0.1) is 0 Å². The number of amides is 2. The monoisotopic (exact) mass is 175 g/mol. The summed E-state index contributed by atoms with van der Waals surface area (Å²) in [5.41, 5.74) is 5.26. The van der Waals surface area contributed by atoms with Crippen LogP contribution in [0.2, 0.25) is 0 Å². The highest BCUT2D eigenvalue weighted by molar-refractivity contribution is 5.62. The Hall–Kier alpha value is -1.50. The summed E-state index contributed by atoms with van der Waals surface area (Å²) in [6.07, 6.45) is -2.89. The van der Waals surface area contributed by atoms with Gasteiger partial charge in [-0.3, -0.25) is 0 Å². The molecule has 2 amide bonds. The molecule has 0 atom stereocenters. The minimum Gasteiger partial charge on any atom is -0.530 e. The lowest BCUT2D eigenvalue weighted by Gasteiger charge is -2.15. The summed E-state index contributed by atoms with van der Waals surface area (Å²) in [5, 5.41) is 23.4. The van der Waals surface area contributed by atoms with Crippen molar-refractivity contribution < 1.29 is 19.8 Å². The maximum absolute atomic E-state index is 9.82. The van der Waals surface area contributed by atoms with Gasteiger partial charge in [0.25, 0.3) is 0 Å². The van der Waals surface area contributed by atoms with Crippen molar-refractivity contribution in [2.75, 3.05) is 13.1 Å². The zero-order valence-corrected chi connectivity index (χ0v) is 6.20. The van der Waals surface area contributed by atoms with E-state index >= 15 is 0 Å². The Kier molecular flexibility index (Phi) is 4.54. The molecule has 4 N–H and O–H groups in total. The highest BCUT2D eigenvalue weighted by Crippen LogP contribution is 1.71. The highest BCUT2D eigenvalue weighted by atomic mass is 16.4. The summed E-state index contributed by atoms with van der Waals surface area (Å²) in [7, 11) is 0. The van der Waals surface area contributed by atoms with Gasteiger partial charge >= 0.3 is 0 Å². The number of nitrogens with one attached hydrogen (secondary N) is 2. The van der Waals surface area contributed by atoms with Crippen molar-refractivity contribution in [3.63, 3.8) is 0 Å². The third-order valence-corrected chi connectivity index (χ3v) is 1.02. The molecule has 0 bridgehead atoms. The molecule has 0 unspecified atom stereocenters. The second kappa shape index (κ2) is 5.19. The van der Waals surface area contributed by atoms with Crippen LogP contribution in [0.4, 0.5) is 9.59 Å². The summed E-state index contributed by atoms with van der Waals surface area (Å²) >= 11 is 0. The van der Waals surface area contributed by atoms with E-state index in [-0.39, 0.29) is 13.1 Å². The van der Waals surface area contributed by atoms with Crippen LogP contribution in [0.15, 0.2) is 0 Å². The maximum Gasteiger partial charge on any atom is 0.134 e. The van der Waals surface area contributed by atoms with Gasteiger partial charge in [-0.1, -0.05) is 0 Å². The lowest BCUT2D eigenvalue weighted by atomic mass is 10.3. The molecule has 70 valence electrons. The summed E-state index contributed by atoms with van der Waals surface area (Å²) in [5.74, 6) is 0. The van der Waals surface area contributed by atoms with Gasteiger partial charge in [0, 0.05) is 19.1 Å². The van der Waals surface area contributed by atoms with Gasteiger partial charge in [0.05, 0.1) is 0 Å².